The van der Waals surface area contributed by atoms with E-state index in [0.717, 1.165) is 16.3 Å². The number of hydrogen-bond donors (Lipinski definition) is 2. The molecule has 0 bridgehead atoms. The monoisotopic (exact) mass is 279 g/mol. The molecular weight excluding hydrogens is 262 g/mol. The summed E-state index contributed by atoms with van der Waals surface area (Å²) in [5, 5.41) is 14.8. The van der Waals surface area contributed by atoms with Crippen molar-refractivity contribution in [2.24, 2.45) is 7.05 Å². The van der Waals surface area contributed by atoms with Crippen LogP contribution < -0.4 is 5.32 Å². The molecule has 2 aromatic heterocycles. The highest BCUT2D eigenvalue weighted by atomic mass is 32.1. The predicted octanol–water partition coefficient (Wildman–Crippen LogP) is 1.57. The molecule has 0 aliphatic rings. The Hall–Kier alpha value is -1.66. The second-order valence-corrected chi connectivity index (χ2v) is 5.60. The lowest BCUT2D eigenvalue weighted by Gasteiger charge is -2.07. The molecular formula is C13H17N3O2S. The fourth-order valence-electron chi connectivity index (χ4n) is 1.76. The first kappa shape index (κ1) is 13.8. The van der Waals surface area contributed by atoms with Crippen molar-refractivity contribution in [3.63, 3.8) is 0 Å². The summed E-state index contributed by atoms with van der Waals surface area (Å²) in [7, 11) is 1.82. The molecule has 2 N–H and O–H groups in total. The third kappa shape index (κ3) is 3.21. The standard InChI is InChI=1S/C13H17N3O2S/c1-8(17)5-14-13(18)12-4-10(6-16(12)3)11-7-19-9(2)15-11/h4,6-8,17H,5H2,1-3H3,(H,14,18). The van der Waals surface area contributed by atoms with Crippen molar-refractivity contribution in [3.05, 3.63) is 28.3 Å². The van der Waals surface area contributed by atoms with Crippen LogP contribution in [0.1, 0.15) is 22.4 Å². The molecule has 0 radical (unpaired) electrons. The van der Waals surface area contributed by atoms with Gasteiger partial charge in [-0.05, 0) is 19.9 Å². The van der Waals surface area contributed by atoms with Crippen LogP contribution in [0.25, 0.3) is 11.3 Å². The van der Waals surface area contributed by atoms with Crippen LogP contribution >= 0.6 is 11.3 Å². The van der Waals surface area contributed by atoms with Crippen molar-refractivity contribution >= 4 is 17.2 Å². The Balaban J connectivity index is 2.19. The van der Waals surface area contributed by atoms with Crippen molar-refractivity contribution in [1.82, 2.24) is 14.9 Å². The van der Waals surface area contributed by atoms with E-state index in [-0.39, 0.29) is 12.5 Å². The zero-order valence-corrected chi connectivity index (χ0v) is 12.0. The highest BCUT2D eigenvalue weighted by molar-refractivity contribution is 7.09. The average Bonchev–Trinajstić information content (AvgIpc) is 2.92. The summed E-state index contributed by atoms with van der Waals surface area (Å²) < 4.78 is 1.77. The van der Waals surface area contributed by atoms with Gasteiger partial charge in [0, 0.05) is 30.7 Å². The van der Waals surface area contributed by atoms with E-state index in [1.807, 2.05) is 31.6 Å². The minimum absolute atomic E-state index is 0.193. The molecule has 0 fully saturated rings. The number of nitrogens with one attached hydrogen (secondary N) is 1. The molecule has 0 aliphatic heterocycles. The zero-order valence-electron chi connectivity index (χ0n) is 11.2. The molecule has 0 aliphatic carbocycles. The Morgan fingerprint density at radius 1 is 1.63 bits per heavy atom. The summed E-state index contributed by atoms with van der Waals surface area (Å²) in [6.45, 7) is 3.83. The van der Waals surface area contributed by atoms with E-state index in [9.17, 15) is 9.90 Å². The molecule has 19 heavy (non-hydrogen) atoms. The number of aliphatic hydroxyl groups excluding tert-OH is 1. The van der Waals surface area contributed by atoms with Gasteiger partial charge in [-0.25, -0.2) is 4.98 Å². The third-order valence-electron chi connectivity index (χ3n) is 2.71. The van der Waals surface area contributed by atoms with E-state index in [2.05, 4.69) is 10.3 Å². The summed E-state index contributed by atoms with van der Waals surface area (Å²) >= 11 is 1.58. The SMILES string of the molecule is Cc1nc(-c2cc(C(=O)NCC(C)O)n(C)c2)cs1. The minimum Gasteiger partial charge on any atom is -0.392 e. The quantitative estimate of drug-likeness (QED) is 0.892. The summed E-state index contributed by atoms with van der Waals surface area (Å²) in [4.78, 5) is 16.4. The smallest absolute Gasteiger partial charge is 0.268 e. The number of aliphatic hydroxyl groups is 1. The van der Waals surface area contributed by atoms with Crippen molar-refractivity contribution in [2.45, 2.75) is 20.0 Å². The van der Waals surface area contributed by atoms with Crippen molar-refractivity contribution in [3.8, 4) is 11.3 Å². The molecule has 2 aromatic rings. The Labute approximate surface area is 115 Å². The number of aromatic nitrogens is 2. The fraction of sp³-hybridized carbons (Fsp3) is 0.385. The van der Waals surface area contributed by atoms with Crippen molar-refractivity contribution in [1.29, 1.82) is 0 Å². The van der Waals surface area contributed by atoms with Gasteiger partial charge in [0.05, 0.1) is 16.8 Å². The Kier molecular flexibility index (Phi) is 4.01. The van der Waals surface area contributed by atoms with Crippen LogP contribution in [0.2, 0.25) is 0 Å². The van der Waals surface area contributed by atoms with E-state index in [1.54, 1.807) is 22.8 Å². The fourth-order valence-corrected chi connectivity index (χ4v) is 2.38. The first-order chi connectivity index (χ1) is 8.97. The maximum absolute atomic E-state index is 12.0. The van der Waals surface area contributed by atoms with E-state index >= 15 is 0 Å². The summed E-state index contributed by atoms with van der Waals surface area (Å²) in [6.07, 6.45) is 1.33. The lowest BCUT2D eigenvalue weighted by molar-refractivity contribution is 0.0916. The lowest BCUT2D eigenvalue weighted by atomic mass is 10.2. The Morgan fingerprint density at radius 2 is 2.37 bits per heavy atom. The molecule has 0 aromatic carbocycles. The molecule has 1 amide bonds. The topological polar surface area (TPSA) is 67.2 Å². The number of carbonyl (C=O) groups is 1. The summed E-state index contributed by atoms with van der Waals surface area (Å²) in [5.74, 6) is -0.193. The van der Waals surface area contributed by atoms with Gasteiger partial charge < -0.3 is 15.0 Å². The van der Waals surface area contributed by atoms with E-state index < -0.39 is 6.10 Å². The van der Waals surface area contributed by atoms with Gasteiger partial charge in [0.2, 0.25) is 0 Å². The van der Waals surface area contributed by atoms with Crippen molar-refractivity contribution in [2.75, 3.05) is 6.54 Å². The molecule has 0 saturated carbocycles. The second-order valence-electron chi connectivity index (χ2n) is 4.54. The highest BCUT2D eigenvalue weighted by Gasteiger charge is 2.14. The van der Waals surface area contributed by atoms with E-state index in [1.165, 1.54) is 0 Å². The summed E-state index contributed by atoms with van der Waals surface area (Å²) in [6, 6.07) is 1.81. The molecule has 1 atom stereocenters. The van der Waals surface area contributed by atoms with Crippen molar-refractivity contribution < 1.29 is 9.90 Å². The van der Waals surface area contributed by atoms with E-state index in [4.69, 9.17) is 0 Å². The Bertz CT molecular complexity index is 586. The average molecular weight is 279 g/mol. The van der Waals surface area contributed by atoms with Gasteiger partial charge in [0.1, 0.15) is 5.69 Å². The Morgan fingerprint density at radius 3 is 2.95 bits per heavy atom. The molecule has 2 heterocycles. The van der Waals surface area contributed by atoms with Crippen LogP contribution in [0.5, 0.6) is 0 Å². The van der Waals surface area contributed by atoms with Gasteiger partial charge in [0.15, 0.2) is 0 Å². The maximum Gasteiger partial charge on any atom is 0.268 e. The van der Waals surface area contributed by atoms with Gasteiger partial charge in [-0.1, -0.05) is 0 Å². The van der Waals surface area contributed by atoms with Crippen LogP contribution in [0.3, 0.4) is 0 Å². The van der Waals surface area contributed by atoms with Crippen LogP contribution in [0, 0.1) is 6.92 Å². The maximum atomic E-state index is 12.0. The number of amides is 1. The molecule has 1 unspecified atom stereocenters. The van der Waals surface area contributed by atoms with Crippen LogP contribution in [0.15, 0.2) is 17.6 Å². The molecule has 0 spiro atoms. The first-order valence-corrected chi connectivity index (χ1v) is 6.90. The molecule has 0 saturated heterocycles. The molecule has 6 heteroatoms. The van der Waals surface area contributed by atoms with Gasteiger partial charge >= 0.3 is 0 Å². The van der Waals surface area contributed by atoms with Gasteiger partial charge in [0.25, 0.3) is 5.91 Å². The second kappa shape index (κ2) is 5.54. The molecule has 102 valence electrons. The van der Waals surface area contributed by atoms with Crippen LogP contribution in [0.4, 0.5) is 0 Å². The summed E-state index contributed by atoms with van der Waals surface area (Å²) in [5.41, 5.74) is 2.36. The largest absolute Gasteiger partial charge is 0.392 e. The number of carbonyl (C=O) groups excluding carboxylic acids is 1. The number of thiazole rings is 1. The minimum atomic E-state index is -0.551. The number of nitrogens with zero attached hydrogens (tertiary/aromatic N) is 2. The van der Waals surface area contributed by atoms with Gasteiger partial charge in [-0.3, -0.25) is 4.79 Å². The molecule has 5 nitrogen and oxygen atoms in total. The van der Waals surface area contributed by atoms with Crippen LogP contribution in [-0.2, 0) is 7.05 Å². The van der Waals surface area contributed by atoms with Gasteiger partial charge in [-0.15, -0.1) is 11.3 Å². The molecule has 2 rings (SSSR count). The number of aryl methyl sites for hydroxylation is 2. The van der Waals surface area contributed by atoms with Crippen LogP contribution in [-0.4, -0.2) is 33.2 Å². The van der Waals surface area contributed by atoms with E-state index in [0.29, 0.717) is 5.69 Å². The lowest BCUT2D eigenvalue weighted by Crippen LogP contribution is -2.31. The highest BCUT2D eigenvalue weighted by Crippen LogP contribution is 2.23. The normalized spacial score (nSPS) is 12.4. The predicted molar refractivity (Wildman–Crippen MR) is 75.3 cm³/mol. The first-order valence-electron chi connectivity index (χ1n) is 6.02. The zero-order chi connectivity index (χ0) is 14.0. The number of hydrogen-bond acceptors (Lipinski definition) is 4. The van der Waals surface area contributed by atoms with Gasteiger partial charge in [-0.2, -0.15) is 0 Å². The number of rotatable bonds is 4. The third-order valence-corrected chi connectivity index (χ3v) is 3.48.